The van der Waals surface area contributed by atoms with Crippen molar-refractivity contribution in [1.29, 1.82) is 0 Å². The molecular formula is C16H33N3. The van der Waals surface area contributed by atoms with Crippen molar-refractivity contribution in [2.75, 3.05) is 46.3 Å². The number of rotatable bonds is 5. The molecule has 2 unspecified atom stereocenters. The van der Waals surface area contributed by atoms with Gasteiger partial charge in [-0.15, -0.1) is 0 Å². The van der Waals surface area contributed by atoms with Crippen molar-refractivity contribution in [1.82, 2.24) is 15.1 Å². The van der Waals surface area contributed by atoms with Gasteiger partial charge in [-0.25, -0.2) is 0 Å². The third-order valence-corrected chi connectivity index (χ3v) is 5.18. The zero-order valence-electron chi connectivity index (χ0n) is 13.2. The fourth-order valence-electron chi connectivity index (χ4n) is 3.86. The maximum absolute atomic E-state index is 3.43. The Morgan fingerprint density at radius 1 is 1.16 bits per heavy atom. The molecule has 19 heavy (non-hydrogen) atoms. The Bertz CT molecular complexity index is 248. The highest BCUT2D eigenvalue weighted by molar-refractivity contribution is 4.84. The largest absolute Gasteiger partial charge is 0.314 e. The molecule has 0 amide bonds. The number of nitrogens with one attached hydrogen (secondary N) is 1. The summed E-state index contributed by atoms with van der Waals surface area (Å²) in [5.74, 6) is 1.76. The van der Waals surface area contributed by atoms with Crippen molar-refractivity contribution < 1.29 is 0 Å². The molecule has 1 heterocycles. The minimum absolute atomic E-state index is 0.830. The van der Waals surface area contributed by atoms with Crippen LogP contribution in [-0.2, 0) is 0 Å². The van der Waals surface area contributed by atoms with Gasteiger partial charge in [0.05, 0.1) is 0 Å². The Balaban J connectivity index is 1.78. The van der Waals surface area contributed by atoms with Gasteiger partial charge in [-0.2, -0.15) is 0 Å². The van der Waals surface area contributed by atoms with E-state index >= 15 is 0 Å². The summed E-state index contributed by atoms with van der Waals surface area (Å²) in [5, 5.41) is 3.43. The molecule has 0 aromatic rings. The molecule has 1 saturated heterocycles. The summed E-state index contributed by atoms with van der Waals surface area (Å²) in [4.78, 5) is 5.27. The lowest BCUT2D eigenvalue weighted by atomic mass is 9.77. The fourth-order valence-corrected chi connectivity index (χ4v) is 3.86. The third-order valence-electron chi connectivity index (χ3n) is 5.18. The van der Waals surface area contributed by atoms with Crippen molar-refractivity contribution in [3.63, 3.8) is 0 Å². The molecule has 0 radical (unpaired) electrons. The van der Waals surface area contributed by atoms with Crippen LogP contribution < -0.4 is 5.32 Å². The average Bonchev–Trinajstić information content (AvgIpc) is 2.46. The highest BCUT2D eigenvalue weighted by atomic mass is 15.2. The van der Waals surface area contributed by atoms with Crippen LogP contribution in [0.1, 0.15) is 39.5 Å². The third kappa shape index (κ3) is 4.44. The number of hydrogen-bond donors (Lipinski definition) is 1. The monoisotopic (exact) mass is 267 g/mol. The Hall–Kier alpha value is -0.120. The first-order valence-corrected chi connectivity index (χ1v) is 8.32. The van der Waals surface area contributed by atoms with Gasteiger partial charge < -0.3 is 10.2 Å². The van der Waals surface area contributed by atoms with Crippen molar-refractivity contribution in [3.05, 3.63) is 0 Å². The van der Waals surface area contributed by atoms with Gasteiger partial charge in [0, 0.05) is 45.3 Å². The van der Waals surface area contributed by atoms with Crippen LogP contribution in [0.25, 0.3) is 0 Å². The van der Waals surface area contributed by atoms with E-state index in [1.165, 1.54) is 65.0 Å². The number of nitrogens with zero attached hydrogens (tertiary/aromatic N) is 2. The molecule has 112 valence electrons. The predicted octanol–water partition coefficient (Wildman–Crippen LogP) is 2.04. The van der Waals surface area contributed by atoms with Crippen molar-refractivity contribution in [3.8, 4) is 0 Å². The summed E-state index contributed by atoms with van der Waals surface area (Å²) < 4.78 is 0. The summed E-state index contributed by atoms with van der Waals surface area (Å²) in [6.07, 6.45) is 5.75. The topological polar surface area (TPSA) is 18.5 Å². The van der Waals surface area contributed by atoms with Crippen LogP contribution in [0.5, 0.6) is 0 Å². The second-order valence-electron chi connectivity index (χ2n) is 6.83. The van der Waals surface area contributed by atoms with Gasteiger partial charge >= 0.3 is 0 Å². The second kappa shape index (κ2) is 7.61. The Morgan fingerprint density at radius 3 is 2.53 bits per heavy atom. The molecule has 1 aliphatic carbocycles. The minimum Gasteiger partial charge on any atom is -0.314 e. The molecule has 2 rings (SSSR count). The van der Waals surface area contributed by atoms with Crippen molar-refractivity contribution in [2.24, 2.45) is 11.8 Å². The van der Waals surface area contributed by atoms with E-state index in [2.05, 4.69) is 36.0 Å². The Labute approximate surface area is 119 Å². The number of hydrogen-bond acceptors (Lipinski definition) is 3. The van der Waals surface area contributed by atoms with Gasteiger partial charge in [0.25, 0.3) is 0 Å². The van der Waals surface area contributed by atoms with Crippen LogP contribution >= 0.6 is 0 Å². The summed E-state index contributed by atoms with van der Waals surface area (Å²) in [6.45, 7) is 12.1. The average molecular weight is 267 g/mol. The lowest BCUT2D eigenvalue weighted by Crippen LogP contribution is -2.49. The first-order chi connectivity index (χ1) is 9.18. The molecule has 1 saturated carbocycles. The molecule has 0 aromatic carbocycles. The van der Waals surface area contributed by atoms with E-state index in [0.29, 0.717) is 0 Å². The van der Waals surface area contributed by atoms with Crippen LogP contribution in [0.2, 0.25) is 0 Å². The molecular weight excluding hydrogens is 234 g/mol. The summed E-state index contributed by atoms with van der Waals surface area (Å²) in [5.41, 5.74) is 0. The van der Waals surface area contributed by atoms with Gasteiger partial charge in [-0.05, 0) is 31.7 Å². The second-order valence-corrected chi connectivity index (χ2v) is 6.83. The zero-order chi connectivity index (χ0) is 13.7. The van der Waals surface area contributed by atoms with Crippen LogP contribution in [0.15, 0.2) is 0 Å². The van der Waals surface area contributed by atoms with Crippen LogP contribution in [0, 0.1) is 11.8 Å². The Morgan fingerprint density at radius 2 is 1.84 bits per heavy atom. The normalized spacial score (nSPS) is 30.2. The number of likely N-dealkylation sites (N-methyl/N-ethyl adjacent to an activating group) is 1. The summed E-state index contributed by atoms with van der Waals surface area (Å²) in [6, 6.07) is 0.830. The lowest BCUT2D eigenvalue weighted by Gasteiger charge is -2.41. The smallest absolute Gasteiger partial charge is 0.0123 e. The highest BCUT2D eigenvalue weighted by Gasteiger charge is 2.30. The highest BCUT2D eigenvalue weighted by Crippen LogP contribution is 2.32. The van der Waals surface area contributed by atoms with Gasteiger partial charge in [-0.1, -0.05) is 26.7 Å². The standard InChI is InChI=1S/C16H33N3/c1-14(2)15-6-4-5-7-16(15)18(3)12-13-19-10-8-17-9-11-19/h14-17H,4-13H2,1-3H3. The first kappa shape index (κ1) is 15.3. The first-order valence-electron chi connectivity index (χ1n) is 8.32. The van der Waals surface area contributed by atoms with E-state index in [0.717, 1.165) is 17.9 Å². The maximum Gasteiger partial charge on any atom is 0.0123 e. The van der Waals surface area contributed by atoms with E-state index in [9.17, 15) is 0 Å². The molecule has 0 bridgehead atoms. The summed E-state index contributed by atoms with van der Waals surface area (Å²) >= 11 is 0. The van der Waals surface area contributed by atoms with E-state index in [-0.39, 0.29) is 0 Å². The predicted molar refractivity (Wildman–Crippen MR) is 82.5 cm³/mol. The van der Waals surface area contributed by atoms with E-state index < -0.39 is 0 Å². The lowest BCUT2D eigenvalue weighted by molar-refractivity contribution is 0.0876. The van der Waals surface area contributed by atoms with Gasteiger partial charge in [0.15, 0.2) is 0 Å². The van der Waals surface area contributed by atoms with Crippen molar-refractivity contribution >= 4 is 0 Å². The minimum atomic E-state index is 0.830. The molecule has 1 N–H and O–H groups in total. The molecule has 2 atom stereocenters. The van der Waals surface area contributed by atoms with Crippen LogP contribution in [0.3, 0.4) is 0 Å². The van der Waals surface area contributed by atoms with Crippen molar-refractivity contribution in [2.45, 2.75) is 45.6 Å². The maximum atomic E-state index is 3.43. The van der Waals surface area contributed by atoms with E-state index in [1.807, 2.05) is 0 Å². The van der Waals surface area contributed by atoms with Crippen LogP contribution in [-0.4, -0.2) is 62.2 Å². The zero-order valence-corrected chi connectivity index (χ0v) is 13.2. The molecule has 2 fully saturated rings. The van der Waals surface area contributed by atoms with E-state index in [1.54, 1.807) is 0 Å². The molecule has 1 aliphatic heterocycles. The fraction of sp³-hybridized carbons (Fsp3) is 1.00. The SMILES string of the molecule is CC(C)C1CCCCC1N(C)CCN1CCNCC1. The van der Waals surface area contributed by atoms with Gasteiger partial charge in [0.1, 0.15) is 0 Å². The summed E-state index contributed by atoms with van der Waals surface area (Å²) in [7, 11) is 2.35. The molecule has 0 spiro atoms. The van der Waals surface area contributed by atoms with E-state index in [4.69, 9.17) is 0 Å². The van der Waals surface area contributed by atoms with Gasteiger partial charge in [-0.3, -0.25) is 4.90 Å². The molecule has 2 aliphatic rings. The van der Waals surface area contributed by atoms with Crippen LogP contribution in [0.4, 0.5) is 0 Å². The molecule has 3 nitrogen and oxygen atoms in total. The Kier molecular flexibility index (Phi) is 6.11. The van der Waals surface area contributed by atoms with Gasteiger partial charge in [0.2, 0.25) is 0 Å². The molecule has 0 aromatic heterocycles. The number of piperazine rings is 1. The quantitative estimate of drug-likeness (QED) is 0.822. The molecule has 3 heteroatoms.